The Morgan fingerprint density at radius 2 is 1.79 bits per heavy atom. The van der Waals surface area contributed by atoms with E-state index in [0.717, 1.165) is 11.6 Å². The summed E-state index contributed by atoms with van der Waals surface area (Å²) in [5, 5.41) is 11.6. The van der Waals surface area contributed by atoms with Gasteiger partial charge in [0, 0.05) is 23.7 Å². The predicted octanol–water partition coefficient (Wildman–Crippen LogP) is 4.31. The molecule has 0 unspecified atom stereocenters. The smallest absolute Gasteiger partial charge is 0.328 e. The molecule has 0 atom stereocenters. The van der Waals surface area contributed by atoms with Crippen LogP contribution >= 0.6 is 0 Å². The number of para-hydroxylation sites is 1. The first kappa shape index (κ1) is 21.9. The van der Waals surface area contributed by atoms with E-state index in [2.05, 4.69) is 5.32 Å². The average Bonchev–Trinajstić information content (AvgIpc) is 2.64. The molecule has 2 aromatic rings. The average molecular weight is 395 g/mol. The molecule has 0 fully saturated rings. The van der Waals surface area contributed by atoms with Gasteiger partial charge < -0.3 is 15.2 Å². The summed E-state index contributed by atoms with van der Waals surface area (Å²) in [5.74, 6) is -1.67. The van der Waals surface area contributed by atoms with E-state index in [9.17, 15) is 14.4 Å². The van der Waals surface area contributed by atoms with Crippen molar-refractivity contribution >= 4 is 29.6 Å². The minimum atomic E-state index is -1.07. The fourth-order valence-corrected chi connectivity index (χ4v) is 2.62. The van der Waals surface area contributed by atoms with Gasteiger partial charge in [0.25, 0.3) is 5.91 Å². The van der Waals surface area contributed by atoms with E-state index in [-0.39, 0.29) is 18.3 Å². The number of nitrogens with one attached hydrogen (secondary N) is 1. The van der Waals surface area contributed by atoms with Crippen LogP contribution in [0.5, 0.6) is 0 Å². The van der Waals surface area contributed by atoms with Gasteiger partial charge >= 0.3 is 11.9 Å². The highest BCUT2D eigenvalue weighted by molar-refractivity contribution is 6.05. The number of amides is 1. The molecule has 29 heavy (non-hydrogen) atoms. The van der Waals surface area contributed by atoms with Crippen LogP contribution in [0.3, 0.4) is 0 Å². The summed E-state index contributed by atoms with van der Waals surface area (Å²) in [6, 6.07) is 14.0. The number of anilines is 1. The van der Waals surface area contributed by atoms with E-state index in [1.165, 1.54) is 6.08 Å². The summed E-state index contributed by atoms with van der Waals surface area (Å²) in [6.45, 7) is 5.46. The molecule has 0 aliphatic rings. The van der Waals surface area contributed by atoms with Crippen molar-refractivity contribution < 1.29 is 24.2 Å². The second-order valence-electron chi connectivity index (χ2n) is 7.50. The van der Waals surface area contributed by atoms with Crippen molar-refractivity contribution in [3.05, 3.63) is 71.3 Å². The fourth-order valence-electron chi connectivity index (χ4n) is 2.62. The SMILES string of the molecule is CC(C)(C)OC(=O)CCc1cccc(C(=O)Nc2ccccc2/C=C/C(=O)O)c1. The monoisotopic (exact) mass is 395 g/mol. The van der Waals surface area contributed by atoms with Crippen molar-refractivity contribution in [1.29, 1.82) is 0 Å². The molecule has 0 saturated carbocycles. The maximum absolute atomic E-state index is 12.6. The Labute approximate surface area is 170 Å². The summed E-state index contributed by atoms with van der Waals surface area (Å²) in [5.41, 5.74) is 1.87. The third-order valence-electron chi connectivity index (χ3n) is 3.84. The Balaban J connectivity index is 2.07. The molecule has 0 spiro atoms. The lowest BCUT2D eigenvalue weighted by molar-refractivity contribution is -0.154. The van der Waals surface area contributed by atoms with E-state index in [0.29, 0.717) is 23.2 Å². The highest BCUT2D eigenvalue weighted by Crippen LogP contribution is 2.19. The van der Waals surface area contributed by atoms with Gasteiger partial charge in [-0.05, 0) is 62.6 Å². The van der Waals surface area contributed by atoms with Crippen molar-refractivity contribution in [1.82, 2.24) is 0 Å². The molecule has 2 rings (SSSR count). The molecule has 1 amide bonds. The molecule has 6 nitrogen and oxygen atoms in total. The van der Waals surface area contributed by atoms with Crippen LogP contribution in [0.25, 0.3) is 6.08 Å². The van der Waals surface area contributed by atoms with Crippen LogP contribution in [0, 0.1) is 0 Å². The van der Waals surface area contributed by atoms with E-state index in [1.807, 2.05) is 26.8 Å². The van der Waals surface area contributed by atoms with Crippen LogP contribution in [0.2, 0.25) is 0 Å². The molecule has 0 saturated heterocycles. The maximum atomic E-state index is 12.6. The van der Waals surface area contributed by atoms with Crippen molar-refractivity contribution in [2.24, 2.45) is 0 Å². The van der Waals surface area contributed by atoms with Gasteiger partial charge in [0.15, 0.2) is 0 Å². The molecule has 0 aliphatic heterocycles. The number of carboxylic acids is 1. The van der Waals surface area contributed by atoms with E-state index in [4.69, 9.17) is 9.84 Å². The van der Waals surface area contributed by atoms with Gasteiger partial charge in [0.2, 0.25) is 0 Å². The largest absolute Gasteiger partial charge is 0.478 e. The standard InChI is InChI=1S/C23H25NO5/c1-23(2,3)29-21(27)14-11-16-7-6-9-18(15-16)22(28)24-19-10-5-4-8-17(19)12-13-20(25)26/h4-10,12-13,15H,11,14H2,1-3H3,(H,24,28)(H,25,26)/b13-12+. The molecule has 0 bridgehead atoms. The van der Waals surface area contributed by atoms with Crippen molar-refractivity contribution in [3.63, 3.8) is 0 Å². The van der Waals surface area contributed by atoms with Crippen LogP contribution < -0.4 is 5.32 Å². The first-order chi connectivity index (χ1) is 13.6. The van der Waals surface area contributed by atoms with Crippen molar-refractivity contribution in [2.75, 3.05) is 5.32 Å². The quantitative estimate of drug-likeness (QED) is 0.538. The van der Waals surface area contributed by atoms with Crippen LogP contribution in [0.15, 0.2) is 54.6 Å². The lowest BCUT2D eigenvalue weighted by atomic mass is 10.1. The second kappa shape index (κ2) is 9.68. The minimum absolute atomic E-state index is 0.227. The zero-order chi connectivity index (χ0) is 21.4. The molecule has 152 valence electrons. The number of rotatable bonds is 7. The van der Waals surface area contributed by atoms with E-state index in [1.54, 1.807) is 42.5 Å². The third kappa shape index (κ3) is 7.62. The van der Waals surface area contributed by atoms with Crippen molar-refractivity contribution in [2.45, 2.75) is 39.2 Å². The number of carboxylic acid groups (broad SMARTS) is 1. The van der Waals surface area contributed by atoms with E-state index >= 15 is 0 Å². The van der Waals surface area contributed by atoms with Crippen LogP contribution in [-0.4, -0.2) is 28.6 Å². The molecule has 2 N–H and O–H groups in total. The summed E-state index contributed by atoms with van der Waals surface area (Å²) in [6.07, 6.45) is 3.14. The summed E-state index contributed by atoms with van der Waals surface area (Å²) < 4.78 is 5.30. The number of ether oxygens (including phenoxy) is 1. The molecular weight excluding hydrogens is 370 g/mol. The Morgan fingerprint density at radius 3 is 2.48 bits per heavy atom. The fraction of sp³-hybridized carbons (Fsp3) is 0.261. The van der Waals surface area contributed by atoms with E-state index < -0.39 is 11.6 Å². The van der Waals surface area contributed by atoms with Crippen LogP contribution in [0.4, 0.5) is 5.69 Å². The van der Waals surface area contributed by atoms with Gasteiger partial charge in [-0.1, -0.05) is 30.3 Å². The number of benzene rings is 2. The van der Waals surface area contributed by atoms with Crippen LogP contribution in [0.1, 0.15) is 48.7 Å². The topological polar surface area (TPSA) is 92.7 Å². The highest BCUT2D eigenvalue weighted by atomic mass is 16.6. The number of aryl methyl sites for hydroxylation is 1. The Morgan fingerprint density at radius 1 is 1.07 bits per heavy atom. The second-order valence-corrected chi connectivity index (χ2v) is 7.50. The zero-order valence-electron chi connectivity index (χ0n) is 16.8. The van der Waals surface area contributed by atoms with Gasteiger partial charge in [0.1, 0.15) is 5.60 Å². The lowest BCUT2D eigenvalue weighted by Gasteiger charge is -2.19. The Hall–Kier alpha value is -3.41. The number of hydrogen-bond donors (Lipinski definition) is 2. The zero-order valence-corrected chi connectivity index (χ0v) is 16.8. The van der Waals surface area contributed by atoms with Crippen molar-refractivity contribution in [3.8, 4) is 0 Å². The number of carbonyl (C=O) groups is 3. The predicted molar refractivity (Wildman–Crippen MR) is 112 cm³/mol. The molecule has 0 heterocycles. The summed E-state index contributed by atoms with van der Waals surface area (Å²) >= 11 is 0. The highest BCUT2D eigenvalue weighted by Gasteiger charge is 2.16. The molecule has 0 aliphatic carbocycles. The Kier molecular flexibility index (Phi) is 7.31. The third-order valence-corrected chi connectivity index (χ3v) is 3.84. The number of esters is 1. The molecule has 0 aromatic heterocycles. The first-order valence-corrected chi connectivity index (χ1v) is 9.26. The van der Waals surface area contributed by atoms with Gasteiger partial charge in [0.05, 0.1) is 0 Å². The number of hydrogen-bond acceptors (Lipinski definition) is 4. The van der Waals surface area contributed by atoms with Gasteiger partial charge in [-0.15, -0.1) is 0 Å². The minimum Gasteiger partial charge on any atom is -0.478 e. The number of aliphatic carboxylic acids is 1. The maximum Gasteiger partial charge on any atom is 0.328 e. The first-order valence-electron chi connectivity index (χ1n) is 9.26. The molecular formula is C23H25NO5. The molecule has 0 radical (unpaired) electrons. The van der Waals surface area contributed by atoms with Gasteiger partial charge in [-0.3, -0.25) is 9.59 Å². The van der Waals surface area contributed by atoms with Gasteiger partial charge in [-0.25, -0.2) is 4.79 Å². The molecule has 6 heteroatoms. The normalized spacial score (nSPS) is 11.3. The Bertz CT molecular complexity index is 925. The number of carbonyl (C=O) groups excluding carboxylic acids is 2. The molecule has 2 aromatic carbocycles. The van der Waals surface area contributed by atoms with Crippen LogP contribution in [-0.2, 0) is 20.7 Å². The van der Waals surface area contributed by atoms with Gasteiger partial charge in [-0.2, -0.15) is 0 Å². The lowest BCUT2D eigenvalue weighted by Crippen LogP contribution is -2.24. The summed E-state index contributed by atoms with van der Waals surface area (Å²) in [4.78, 5) is 35.3. The summed E-state index contributed by atoms with van der Waals surface area (Å²) in [7, 11) is 0.